The minimum absolute atomic E-state index is 0.178. The minimum Gasteiger partial charge on any atom is -0.493 e. The Labute approximate surface area is 157 Å². The van der Waals surface area contributed by atoms with E-state index < -0.39 is 0 Å². The topological polar surface area (TPSA) is 59.9 Å². The zero-order valence-corrected chi connectivity index (χ0v) is 15.9. The molecule has 0 saturated carbocycles. The molecule has 0 aliphatic carbocycles. The molecule has 0 aromatic heterocycles. The van der Waals surface area contributed by atoms with Crippen LogP contribution in [0.4, 0.5) is 5.69 Å². The lowest BCUT2D eigenvalue weighted by molar-refractivity contribution is -0.115. The predicted octanol–water partition coefficient (Wildman–Crippen LogP) is 4.21. The number of para-hydroxylation sites is 1. The van der Waals surface area contributed by atoms with Crippen LogP contribution in [0.5, 0.6) is 11.5 Å². The predicted molar refractivity (Wildman–Crippen MR) is 106 cm³/mol. The number of hydrogen-bond donors (Lipinski definition) is 1. The molecule has 26 heavy (non-hydrogen) atoms. The SMILES string of the molecule is COc1cccc(C=C2SC(=Nc3ccc(C)c(C)c3)NC2=O)c1OC. The van der Waals surface area contributed by atoms with Crippen LogP contribution in [0.2, 0.25) is 0 Å². The third-order valence-electron chi connectivity index (χ3n) is 4.09. The van der Waals surface area contributed by atoms with Crippen LogP contribution >= 0.6 is 11.8 Å². The highest BCUT2D eigenvalue weighted by Crippen LogP contribution is 2.35. The number of methoxy groups -OCH3 is 2. The van der Waals surface area contributed by atoms with E-state index in [-0.39, 0.29) is 5.91 Å². The largest absolute Gasteiger partial charge is 0.493 e. The van der Waals surface area contributed by atoms with Gasteiger partial charge in [-0.05, 0) is 61.0 Å². The number of amidine groups is 1. The van der Waals surface area contributed by atoms with Gasteiger partial charge in [-0.3, -0.25) is 4.79 Å². The smallest absolute Gasteiger partial charge is 0.264 e. The summed E-state index contributed by atoms with van der Waals surface area (Å²) >= 11 is 1.31. The molecule has 5 nitrogen and oxygen atoms in total. The van der Waals surface area contributed by atoms with Gasteiger partial charge in [-0.1, -0.05) is 18.2 Å². The maximum absolute atomic E-state index is 12.3. The summed E-state index contributed by atoms with van der Waals surface area (Å²) in [5.74, 6) is 1.03. The Hall–Kier alpha value is -2.73. The Morgan fingerprint density at radius 3 is 2.58 bits per heavy atom. The van der Waals surface area contributed by atoms with Crippen molar-refractivity contribution in [2.75, 3.05) is 14.2 Å². The molecule has 1 fully saturated rings. The van der Waals surface area contributed by atoms with E-state index in [1.807, 2.05) is 43.3 Å². The summed E-state index contributed by atoms with van der Waals surface area (Å²) in [5.41, 5.74) is 3.97. The number of aryl methyl sites for hydroxylation is 2. The van der Waals surface area contributed by atoms with E-state index in [4.69, 9.17) is 9.47 Å². The lowest BCUT2D eigenvalue weighted by Gasteiger charge is -2.10. The third-order valence-corrected chi connectivity index (χ3v) is 5.00. The van der Waals surface area contributed by atoms with Gasteiger partial charge in [-0.25, -0.2) is 4.99 Å². The fourth-order valence-electron chi connectivity index (χ4n) is 2.56. The van der Waals surface area contributed by atoms with Gasteiger partial charge in [-0.15, -0.1) is 0 Å². The summed E-state index contributed by atoms with van der Waals surface area (Å²) in [6, 6.07) is 11.5. The zero-order valence-electron chi connectivity index (χ0n) is 15.1. The lowest BCUT2D eigenvalue weighted by Crippen LogP contribution is -2.19. The van der Waals surface area contributed by atoms with Gasteiger partial charge in [0, 0.05) is 5.56 Å². The summed E-state index contributed by atoms with van der Waals surface area (Å²) in [6.45, 7) is 4.10. The van der Waals surface area contributed by atoms with Crippen LogP contribution in [0, 0.1) is 13.8 Å². The van der Waals surface area contributed by atoms with Crippen molar-refractivity contribution in [3.05, 3.63) is 58.0 Å². The first-order valence-corrected chi connectivity index (χ1v) is 8.91. The molecule has 2 aromatic rings. The number of nitrogens with zero attached hydrogens (tertiary/aromatic N) is 1. The Morgan fingerprint density at radius 1 is 1.08 bits per heavy atom. The van der Waals surface area contributed by atoms with Crippen LogP contribution in [-0.4, -0.2) is 25.3 Å². The average molecular weight is 368 g/mol. The number of aliphatic imine (C=N–C) groups is 1. The van der Waals surface area contributed by atoms with Crippen molar-refractivity contribution in [2.45, 2.75) is 13.8 Å². The molecule has 1 saturated heterocycles. The first kappa shape index (κ1) is 18.1. The second kappa shape index (κ2) is 7.66. The van der Waals surface area contributed by atoms with Crippen molar-refractivity contribution >= 4 is 34.6 Å². The van der Waals surface area contributed by atoms with Crippen LogP contribution in [0.1, 0.15) is 16.7 Å². The number of benzene rings is 2. The maximum atomic E-state index is 12.3. The molecule has 0 unspecified atom stereocenters. The van der Waals surface area contributed by atoms with Crippen LogP contribution in [0.3, 0.4) is 0 Å². The molecule has 134 valence electrons. The van der Waals surface area contributed by atoms with E-state index >= 15 is 0 Å². The van der Waals surface area contributed by atoms with Crippen molar-refractivity contribution in [2.24, 2.45) is 4.99 Å². The summed E-state index contributed by atoms with van der Waals surface area (Å²) in [4.78, 5) is 17.4. The molecule has 1 amide bonds. The summed E-state index contributed by atoms with van der Waals surface area (Å²) in [6.07, 6.45) is 1.78. The highest BCUT2D eigenvalue weighted by Gasteiger charge is 2.24. The van der Waals surface area contributed by atoms with E-state index in [0.29, 0.717) is 21.6 Å². The number of ether oxygens (including phenoxy) is 2. The quantitative estimate of drug-likeness (QED) is 0.821. The highest BCUT2D eigenvalue weighted by molar-refractivity contribution is 8.18. The third kappa shape index (κ3) is 3.75. The van der Waals surface area contributed by atoms with Gasteiger partial charge in [0.05, 0.1) is 24.8 Å². The fraction of sp³-hybridized carbons (Fsp3) is 0.200. The summed E-state index contributed by atoms with van der Waals surface area (Å²) in [5, 5.41) is 3.37. The van der Waals surface area contributed by atoms with Gasteiger partial charge >= 0.3 is 0 Å². The van der Waals surface area contributed by atoms with Crippen molar-refractivity contribution in [3.8, 4) is 11.5 Å². The molecule has 1 aliphatic heterocycles. The van der Waals surface area contributed by atoms with E-state index in [0.717, 1.165) is 16.8 Å². The zero-order chi connectivity index (χ0) is 18.7. The molecule has 2 aromatic carbocycles. The first-order valence-electron chi connectivity index (χ1n) is 8.09. The second-order valence-corrected chi connectivity index (χ2v) is 6.86. The van der Waals surface area contributed by atoms with Crippen LogP contribution in [0.25, 0.3) is 6.08 Å². The number of nitrogens with one attached hydrogen (secondary N) is 1. The lowest BCUT2D eigenvalue weighted by atomic mass is 10.1. The molecule has 0 spiro atoms. The normalized spacial score (nSPS) is 16.8. The minimum atomic E-state index is -0.178. The summed E-state index contributed by atoms with van der Waals surface area (Å²) in [7, 11) is 3.16. The number of thioether (sulfide) groups is 1. The highest BCUT2D eigenvalue weighted by atomic mass is 32.2. The number of amides is 1. The molecule has 0 bridgehead atoms. The van der Waals surface area contributed by atoms with E-state index in [1.54, 1.807) is 20.3 Å². The molecule has 1 N–H and O–H groups in total. The van der Waals surface area contributed by atoms with Gasteiger partial charge in [0.1, 0.15) is 0 Å². The van der Waals surface area contributed by atoms with Gasteiger partial charge in [0.2, 0.25) is 0 Å². The van der Waals surface area contributed by atoms with Crippen molar-refractivity contribution in [1.82, 2.24) is 5.32 Å². The molecule has 0 radical (unpaired) electrons. The van der Waals surface area contributed by atoms with Crippen molar-refractivity contribution in [3.63, 3.8) is 0 Å². The molecule has 0 atom stereocenters. The van der Waals surface area contributed by atoms with E-state index in [1.165, 1.54) is 17.3 Å². The van der Waals surface area contributed by atoms with Gasteiger partial charge in [-0.2, -0.15) is 0 Å². The van der Waals surface area contributed by atoms with Crippen LogP contribution in [-0.2, 0) is 4.79 Å². The Balaban J connectivity index is 1.89. The molecule has 1 aliphatic rings. The second-order valence-electron chi connectivity index (χ2n) is 5.83. The molecular formula is C20H20N2O3S. The Bertz CT molecular complexity index is 919. The van der Waals surface area contributed by atoms with Crippen LogP contribution < -0.4 is 14.8 Å². The first-order chi connectivity index (χ1) is 12.5. The average Bonchev–Trinajstić information content (AvgIpc) is 2.97. The van der Waals surface area contributed by atoms with E-state index in [2.05, 4.69) is 17.2 Å². The van der Waals surface area contributed by atoms with E-state index in [9.17, 15) is 4.79 Å². The van der Waals surface area contributed by atoms with Crippen LogP contribution in [0.15, 0.2) is 46.3 Å². The standard InChI is InChI=1S/C20H20N2O3S/c1-12-8-9-15(10-13(12)2)21-20-22-19(23)17(26-20)11-14-6-5-7-16(24-3)18(14)25-4/h5-11H,1-4H3,(H,21,22,23). The molecule has 1 heterocycles. The number of carbonyl (C=O) groups excluding carboxylic acids is 1. The molecular weight excluding hydrogens is 348 g/mol. The Morgan fingerprint density at radius 2 is 1.88 bits per heavy atom. The van der Waals surface area contributed by atoms with Crippen molar-refractivity contribution < 1.29 is 14.3 Å². The summed E-state index contributed by atoms with van der Waals surface area (Å²) < 4.78 is 10.7. The van der Waals surface area contributed by atoms with Gasteiger partial charge in [0.15, 0.2) is 16.7 Å². The number of rotatable bonds is 4. The maximum Gasteiger partial charge on any atom is 0.264 e. The Kier molecular flexibility index (Phi) is 5.32. The molecule has 6 heteroatoms. The molecule has 3 rings (SSSR count). The number of carbonyl (C=O) groups is 1. The van der Waals surface area contributed by atoms with Gasteiger partial charge in [0.25, 0.3) is 5.91 Å². The van der Waals surface area contributed by atoms with Gasteiger partial charge < -0.3 is 14.8 Å². The number of hydrogen-bond acceptors (Lipinski definition) is 5. The monoisotopic (exact) mass is 368 g/mol. The fourth-order valence-corrected chi connectivity index (χ4v) is 3.39. The van der Waals surface area contributed by atoms with Crippen molar-refractivity contribution in [1.29, 1.82) is 0 Å².